The highest BCUT2D eigenvalue weighted by atomic mass is 16.2. The first-order valence-electron chi connectivity index (χ1n) is 9.06. The number of amides is 1. The van der Waals surface area contributed by atoms with Crippen LogP contribution < -0.4 is 4.90 Å². The summed E-state index contributed by atoms with van der Waals surface area (Å²) in [6.45, 7) is 12.1. The van der Waals surface area contributed by atoms with Crippen molar-refractivity contribution in [1.82, 2.24) is 4.90 Å². The molecule has 3 nitrogen and oxygen atoms in total. The highest BCUT2D eigenvalue weighted by molar-refractivity contribution is 5.94. The summed E-state index contributed by atoms with van der Waals surface area (Å²) in [6.07, 6.45) is 0. The van der Waals surface area contributed by atoms with E-state index in [1.165, 1.54) is 16.8 Å². The van der Waals surface area contributed by atoms with Gasteiger partial charge in [-0.15, -0.1) is 0 Å². The Bertz CT molecular complexity index is 735. The summed E-state index contributed by atoms with van der Waals surface area (Å²) in [5, 5.41) is 0. The molecule has 3 rings (SSSR count). The van der Waals surface area contributed by atoms with Gasteiger partial charge in [-0.2, -0.15) is 0 Å². The average molecular weight is 336 g/mol. The van der Waals surface area contributed by atoms with Gasteiger partial charge in [0.1, 0.15) is 0 Å². The Hall–Kier alpha value is -2.29. The van der Waals surface area contributed by atoms with E-state index in [0.29, 0.717) is 0 Å². The number of para-hydroxylation sites is 1. The molecule has 1 heterocycles. The first-order valence-corrected chi connectivity index (χ1v) is 9.06. The molecule has 132 valence electrons. The summed E-state index contributed by atoms with van der Waals surface area (Å²) < 4.78 is 0. The van der Waals surface area contributed by atoms with Gasteiger partial charge in [0.05, 0.1) is 0 Å². The van der Waals surface area contributed by atoms with Gasteiger partial charge < -0.3 is 9.80 Å². The van der Waals surface area contributed by atoms with Crippen LogP contribution >= 0.6 is 0 Å². The van der Waals surface area contributed by atoms with E-state index in [1.807, 2.05) is 36.1 Å². The summed E-state index contributed by atoms with van der Waals surface area (Å²) in [7, 11) is 0. The first-order chi connectivity index (χ1) is 11.9. The number of carbonyl (C=O) groups is 1. The molecule has 0 aromatic heterocycles. The predicted octanol–water partition coefficient (Wildman–Crippen LogP) is 4.25. The van der Waals surface area contributed by atoms with Gasteiger partial charge in [-0.1, -0.05) is 56.7 Å². The van der Waals surface area contributed by atoms with Gasteiger partial charge in [-0.25, -0.2) is 0 Å². The van der Waals surface area contributed by atoms with Crippen LogP contribution in [0.2, 0.25) is 0 Å². The average Bonchev–Trinajstić information content (AvgIpc) is 2.61. The Morgan fingerprint density at radius 2 is 1.48 bits per heavy atom. The van der Waals surface area contributed by atoms with Crippen LogP contribution in [0.4, 0.5) is 5.69 Å². The number of piperazine rings is 1. The van der Waals surface area contributed by atoms with Crippen LogP contribution in [0.15, 0.2) is 48.5 Å². The van der Waals surface area contributed by atoms with Crippen LogP contribution in [-0.2, 0) is 5.41 Å². The maximum Gasteiger partial charge on any atom is 0.253 e. The molecule has 1 fully saturated rings. The molecule has 0 unspecified atom stereocenters. The molecule has 0 spiro atoms. The number of rotatable bonds is 2. The summed E-state index contributed by atoms with van der Waals surface area (Å²) >= 11 is 0. The van der Waals surface area contributed by atoms with E-state index < -0.39 is 0 Å². The Balaban J connectivity index is 1.70. The Kier molecular flexibility index (Phi) is 4.85. The van der Waals surface area contributed by atoms with Gasteiger partial charge in [0.25, 0.3) is 5.91 Å². The summed E-state index contributed by atoms with van der Waals surface area (Å²) in [6, 6.07) is 16.5. The minimum Gasteiger partial charge on any atom is -0.368 e. The molecule has 0 aliphatic carbocycles. The first kappa shape index (κ1) is 17.5. The Morgan fingerprint density at radius 3 is 2.08 bits per heavy atom. The molecule has 1 amide bonds. The van der Waals surface area contributed by atoms with Crippen molar-refractivity contribution in [2.75, 3.05) is 31.1 Å². The Labute approximate surface area is 151 Å². The number of benzene rings is 2. The van der Waals surface area contributed by atoms with Gasteiger partial charge in [-0.05, 0) is 36.1 Å². The molecule has 2 aromatic carbocycles. The van der Waals surface area contributed by atoms with E-state index in [9.17, 15) is 4.79 Å². The second kappa shape index (κ2) is 6.91. The molecule has 0 atom stereocenters. The van der Waals surface area contributed by atoms with Gasteiger partial charge in [0.15, 0.2) is 0 Å². The molecule has 1 saturated heterocycles. The molecule has 0 radical (unpaired) electrons. The second-order valence-corrected chi connectivity index (χ2v) is 7.91. The molecule has 2 aromatic rings. The van der Waals surface area contributed by atoms with E-state index in [0.717, 1.165) is 31.7 Å². The number of carbonyl (C=O) groups excluding carboxylic acids is 1. The zero-order chi connectivity index (χ0) is 18.0. The molecule has 0 bridgehead atoms. The second-order valence-electron chi connectivity index (χ2n) is 7.91. The maximum atomic E-state index is 12.7. The fourth-order valence-electron chi connectivity index (χ4n) is 3.41. The lowest BCUT2D eigenvalue weighted by Gasteiger charge is -2.38. The number of hydrogen-bond donors (Lipinski definition) is 0. The summed E-state index contributed by atoms with van der Waals surface area (Å²) in [5.74, 6) is 0.142. The monoisotopic (exact) mass is 336 g/mol. The van der Waals surface area contributed by atoms with Crippen molar-refractivity contribution in [3.63, 3.8) is 0 Å². The van der Waals surface area contributed by atoms with Crippen LogP contribution in [-0.4, -0.2) is 37.0 Å². The lowest BCUT2D eigenvalue weighted by molar-refractivity contribution is 0.0746. The largest absolute Gasteiger partial charge is 0.368 e. The van der Waals surface area contributed by atoms with Crippen molar-refractivity contribution in [2.45, 2.75) is 33.1 Å². The zero-order valence-electron chi connectivity index (χ0n) is 15.7. The number of anilines is 1. The van der Waals surface area contributed by atoms with Crippen LogP contribution in [0.5, 0.6) is 0 Å². The molecule has 1 aliphatic rings. The van der Waals surface area contributed by atoms with Crippen molar-refractivity contribution >= 4 is 11.6 Å². The smallest absolute Gasteiger partial charge is 0.253 e. The molecule has 3 heteroatoms. The lowest BCUT2D eigenvalue weighted by atomic mass is 9.85. The third kappa shape index (κ3) is 3.87. The topological polar surface area (TPSA) is 23.6 Å². The van der Waals surface area contributed by atoms with E-state index in [2.05, 4.69) is 49.9 Å². The molecular weight excluding hydrogens is 308 g/mol. The highest BCUT2D eigenvalue weighted by Gasteiger charge is 2.26. The van der Waals surface area contributed by atoms with Crippen molar-refractivity contribution in [3.05, 3.63) is 65.2 Å². The SMILES string of the molecule is Cc1ccc(C(=O)N2CCN(c3ccccc3C(C)(C)C)CC2)cc1. The fraction of sp³-hybridized carbons (Fsp3) is 0.409. The van der Waals surface area contributed by atoms with Crippen molar-refractivity contribution in [2.24, 2.45) is 0 Å². The molecule has 0 saturated carbocycles. The van der Waals surface area contributed by atoms with Crippen LogP contribution in [0, 0.1) is 6.92 Å². The van der Waals surface area contributed by atoms with E-state index in [1.54, 1.807) is 0 Å². The fourth-order valence-corrected chi connectivity index (χ4v) is 3.41. The van der Waals surface area contributed by atoms with Gasteiger partial charge in [-0.3, -0.25) is 4.79 Å². The summed E-state index contributed by atoms with van der Waals surface area (Å²) in [4.78, 5) is 17.1. The minimum absolute atomic E-state index is 0.117. The number of hydrogen-bond acceptors (Lipinski definition) is 2. The van der Waals surface area contributed by atoms with Gasteiger partial charge in [0, 0.05) is 37.4 Å². The lowest BCUT2D eigenvalue weighted by Crippen LogP contribution is -2.49. The van der Waals surface area contributed by atoms with Crippen LogP contribution in [0.1, 0.15) is 42.3 Å². The zero-order valence-corrected chi connectivity index (χ0v) is 15.7. The number of aryl methyl sites for hydroxylation is 1. The third-order valence-corrected chi connectivity index (χ3v) is 4.92. The van der Waals surface area contributed by atoms with E-state index in [4.69, 9.17) is 0 Å². The predicted molar refractivity (Wildman–Crippen MR) is 104 cm³/mol. The van der Waals surface area contributed by atoms with Crippen molar-refractivity contribution in [1.29, 1.82) is 0 Å². The standard InChI is InChI=1S/C22H28N2O/c1-17-9-11-18(12-10-17)21(25)24-15-13-23(14-16-24)20-8-6-5-7-19(20)22(2,3)4/h5-12H,13-16H2,1-4H3. The van der Waals surface area contributed by atoms with Crippen LogP contribution in [0.25, 0.3) is 0 Å². The van der Waals surface area contributed by atoms with Crippen LogP contribution in [0.3, 0.4) is 0 Å². The summed E-state index contributed by atoms with van der Waals surface area (Å²) in [5.41, 5.74) is 4.76. The van der Waals surface area contributed by atoms with E-state index >= 15 is 0 Å². The quantitative estimate of drug-likeness (QED) is 0.818. The van der Waals surface area contributed by atoms with E-state index in [-0.39, 0.29) is 11.3 Å². The maximum absolute atomic E-state index is 12.7. The highest BCUT2D eigenvalue weighted by Crippen LogP contribution is 2.32. The normalized spacial score (nSPS) is 15.4. The third-order valence-electron chi connectivity index (χ3n) is 4.92. The van der Waals surface area contributed by atoms with Gasteiger partial charge in [0.2, 0.25) is 0 Å². The molecule has 25 heavy (non-hydrogen) atoms. The molecule has 0 N–H and O–H groups in total. The minimum atomic E-state index is 0.117. The molecular formula is C22H28N2O. The van der Waals surface area contributed by atoms with Crippen molar-refractivity contribution in [3.8, 4) is 0 Å². The van der Waals surface area contributed by atoms with Gasteiger partial charge >= 0.3 is 0 Å². The Morgan fingerprint density at radius 1 is 0.880 bits per heavy atom. The molecule has 1 aliphatic heterocycles. The number of nitrogens with zero attached hydrogens (tertiary/aromatic N) is 2. The van der Waals surface area contributed by atoms with Crippen molar-refractivity contribution < 1.29 is 4.79 Å².